The van der Waals surface area contributed by atoms with Crippen LogP contribution >= 0.6 is 0 Å². The monoisotopic (exact) mass is 369 g/mol. The fourth-order valence-corrected chi connectivity index (χ4v) is 3.21. The summed E-state index contributed by atoms with van der Waals surface area (Å²) in [6, 6.07) is 12.2. The Hall–Kier alpha value is -3.22. The van der Waals surface area contributed by atoms with Crippen LogP contribution in [0.2, 0.25) is 0 Å². The maximum absolute atomic E-state index is 12.5. The number of carbonyl (C=O) groups is 2. The van der Waals surface area contributed by atoms with E-state index in [-0.39, 0.29) is 18.9 Å². The van der Waals surface area contributed by atoms with Crippen molar-refractivity contribution >= 4 is 17.6 Å². The first-order chi connectivity index (χ1) is 13.2. The number of esters is 1. The van der Waals surface area contributed by atoms with Gasteiger partial charge in [0.1, 0.15) is 13.2 Å². The molecule has 7 nitrogen and oxygen atoms in total. The molecule has 140 valence electrons. The van der Waals surface area contributed by atoms with Crippen LogP contribution in [0.1, 0.15) is 6.42 Å². The second kappa shape index (κ2) is 7.19. The van der Waals surface area contributed by atoms with Crippen molar-refractivity contribution in [3.8, 4) is 23.0 Å². The molecule has 0 radical (unpaired) electrons. The highest BCUT2D eigenvalue weighted by atomic mass is 16.6. The molecule has 2 heterocycles. The number of hydrogen-bond donors (Lipinski definition) is 0. The predicted molar refractivity (Wildman–Crippen MR) is 96.5 cm³/mol. The fourth-order valence-electron chi connectivity index (χ4n) is 3.21. The van der Waals surface area contributed by atoms with Gasteiger partial charge in [-0.05, 0) is 24.3 Å². The van der Waals surface area contributed by atoms with Gasteiger partial charge in [0, 0.05) is 24.7 Å². The fraction of sp³-hybridized carbons (Fsp3) is 0.300. The minimum absolute atomic E-state index is 0.0996. The van der Waals surface area contributed by atoms with Gasteiger partial charge < -0.3 is 23.8 Å². The zero-order valence-corrected chi connectivity index (χ0v) is 14.8. The number of nitrogens with zero attached hydrogens (tertiary/aromatic N) is 1. The molecule has 1 amide bonds. The number of methoxy groups -OCH3 is 1. The number of para-hydroxylation sites is 2. The van der Waals surface area contributed by atoms with E-state index in [1.165, 1.54) is 7.11 Å². The first-order valence-electron chi connectivity index (χ1n) is 8.70. The van der Waals surface area contributed by atoms with Crippen LogP contribution in [0.4, 0.5) is 5.69 Å². The van der Waals surface area contributed by atoms with E-state index in [1.54, 1.807) is 47.4 Å². The van der Waals surface area contributed by atoms with Crippen molar-refractivity contribution in [3.05, 3.63) is 42.5 Å². The maximum Gasteiger partial charge on any atom is 0.316 e. The normalized spacial score (nSPS) is 18.3. The van der Waals surface area contributed by atoms with Crippen LogP contribution in [0.3, 0.4) is 0 Å². The molecule has 2 aromatic rings. The Kier molecular flexibility index (Phi) is 4.58. The van der Waals surface area contributed by atoms with Crippen molar-refractivity contribution in [1.82, 2.24) is 0 Å². The third-order valence-electron chi connectivity index (χ3n) is 4.58. The summed E-state index contributed by atoms with van der Waals surface area (Å²) in [6.45, 7) is 1.23. The number of fused-ring (bicyclic) bond motifs is 1. The third-order valence-corrected chi connectivity index (χ3v) is 4.58. The van der Waals surface area contributed by atoms with Crippen LogP contribution in [-0.2, 0) is 9.59 Å². The zero-order valence-electron chi connectivity index (χ0n) is 14.8. The summed E-state index contributed by atoms with van der Waals surface area (Å²) in [5.74, 6) is 0.946. The molecular formula is C20H19NO6. The molecule has 0 N–H and O–H groups in total. The highest BCUT2D eigenvalue weighted by molar-refractivity contribution is 6.00. The number of ether oxygens (including phenoxy) is 4. The van der Waals surface area contributed by atoms with E-state index in [9.17, 15) is 9.59 Å². The highest BCUT2D eigenvalue weighted by Crippen LogP contribution is 2.36. The van der Waals surface area contributed by atoms with E-state index >= 15 is 0 Å². The smallest absolute Gasteiger partial charge is 0.316 e. The Labute approximate surface area is 156 Å². The van der Waals surface area contributed by atoms with Crippen LogP contribution < -0.4 is 23.8 Å². The minimum atomic E-state index is -0.546. The molecule has 0 bridgehead atoms. The Balaban J connectivity index is 1.48. The Morgan fingerprint density at radius 1 is 1.07 bits per heavy atom. The SMILES string of the molecule is COc1ccccc1OC(=O)[C@H]1CC(=O)N(c2ccc3c(c2)OCCO3)C1. The summed E-state index contributed by atoms with van der Waals surface area (Å²) >= 11 is 0. The summed E-state index contributed by atoms with van der Waals surface area (Å²) in [6.07, 6.45) is 0.0996. The third kappa shape index (κ3) is 3.40. The molecule has 2 aromatic carbocycles. The van der Waals surface area contributed by atoms with Gasteiger partial charge in [0.25, 0.3) is 0 Å². The lowest BCUT2D eigenvalue weighted by molar-refractivity contribution is -0.139. The van der Waals surface area contributed by atoms with Crippen LogP contribution in [0.5, 0.6) is 23.0 Å². The second-order valence-electron chi connectivity index (χ2n) is 6.31. The van der Waals surface area contributed by atoms with Crippen molar-refractivity contribution in [3.63, 3.8) is 0 Å². The average molecular weight is 369 g/mol. The van der Waals surface area contributed by atoms with Crippen LogP contribution in [0.15, 0.2) is 42.5 Å². The Morgan fingerprint density at radius 2 is 1.81 bits per heavy atom. The standard InChI is InChI=1S/C20H19NO6/c1-24-15-4-2-3-5-17(15)27-20(23)13-10-19(22)21(12-13)14-6-7-16-18(11-14)26-9-8-25-16/h2-7,11,13H,8-10,12H2,1H3/t13-/m0/s1. The number of rotatable bonds is 4. The molecule has 4 rings (SSSR count). The lowest BCUT2D eigenvalue weighted by atomic mass is 10.1. The van der Waals surface area contributed by atoms with Crippen molar-refractivity contribution in [2.24, 2.45) is 5.92 Å². The van der Waals surface area contributed by atoms with Crippen LogP contribution in [0, 0.1) is 5.92 Å². The lowest BCUT2D eigenvalue weighted by Crippen LogP contribution is -2.27. The molecule has 1 saturated heterocycles. The predicted octanol–water partition coefficient (Wildman–Crippen LogP) is 2.42. The quantitative estimate of drug-likeness (QED) is 0.609. The molecular weight excluding hydrogens is 350 g/mol. The number of hydrogen-bond acceptors (Lipinski definition) is 6. The summed E-state index contributed by atoms with van der Waals surface area (Å²) < 4.78 is 21.7. The van der Waals surface area contributed by atoms with Gasteiger partial charge >= 0.3 is 5.97 Å². The molecule has 0 aliphatic carbocycles. The topological polar surface area (TPSA) is 74.3 Å². The van der Waals surface area contributed by atoms with E-state index in [2.05, 4.69) is 0 Å². The van der Waals surface area contributed by atoms with Gasteiger partial charge in [0.05, 0.1) is 13.0 Å². The molecule has 0 aromatic heterocycles. The van der Waals surface area contributed by atoms with E-state index in [4.69, 9.17) is 18.9 Å². The molecule has 7 heteroatoms. The number of amides is 1. The summed E-state index contributed by atoms with van der Waals surface area (Å²) in [7, 11) is 1.51. The minimum Gasteiger partial charge on any atom is -0.493 e. The second-order valence-corrected chi connectivity index (χ2v) is 6.31. The first kappa shape index (κ1) is 17.2. The van der Waals surface area contributed by atoms with E-state index < -0.39 is 11.9 Å². The van der Waals surface area contributed by atoms with Gasteiger partial charge in [0.15, 0.2) is 23.0 Å². The zero-order chi connectivity index (χ0) is 18.8. The van der Waals surface area contributed by atoms with Gasteiger partial charge in [-0.3, -0.25) is 9.59 Å². The van der Waals surface area contributed by atoms with E-state index in [0.29, 0.717) is 41.9 Å². The molecule has 27 heavy (non-hydrogen) atoms. The summed E-state index contributed by atoms with van der Waals surface area (Å²) in [5, 5.41) is 0. The van der Waals surface area contributed by atoms with Crippen molar-refractivity contribution in [2.75, 3.05) is 31.8 Å². The lowest BCUT2D eigenvalue weighted by Gasteiger charge is -2.22. The first-order valence-corrected chi connectivity index (χ1v) is 8.70. The van der Waals surface area contributed by atoms with Crippen molar-refractivity contribution in [2.45, 2.75) is 6.42 Å². The van der Waals surface area contributed by atoms with Crippen molar-refractivity contribution in [1.29, 1.82) is 0 Å². The molecule has 0 spiro atoms. The molecule has 0 unspecified atom stereocenters. The summed E-state index contributed by atoms with van der Waals surface area (Å²) in [5.41, 5.74) is 0.678. The van der Waals surface area contributed by atoms with Gasteiger partial charge in [0.2, 0.25) is 5.91 Å². The van der Waals surface area contributed by atoms with Gasteiger partial charge in [-0.1, -0.05) is 12.1 Å². The van der Waals surface area contributed by atoms with Gasteiger partial charge in [-0.25, -0.2) is 0 Å². The number of carbonyl (C=O) groups excluding carboxylic acids is 2. The Bertz CT molecular complexity index is 881. The number of benzene rings is 2. The Morgan fingerprint density at radius 3 is 2.59 bits per heavy atom. The maximum atomic E-state index is 12.5. The van der Waals surface area contributed by atoms with Gasteiger partial charge in [-0.2, -0.15) is 0 Å². The molecule has 1 atom stereocenters. The molecule has 0 saturated carbocycles. The van der Waals surface area contributed by atoms with E-state index in [0.717, 1.165) is 0 Å². The summed E-state index contributed by atoms with van der Waals surface area (Å²) in [4.78, 5) is 26.6. The molecule has 1 fully saturated rings. The largest absolute Gasteiger partial charge is 0.493 e. The average Bonchev–Trinajstić information content (AvgIpc) is 3.10. The van der Waals surface area contributed by atoms with E-state index in [1.807, 2.05) is 0 Å². The highest BCUT2D eigenvalue weighted by Gasteiger charge is 2.37. The van der Waals surface area contributed by atoms with Crippen molar-refractivity contribution < 1.29 is 28.5 Å². The van der Waals surface area contributed by atoms with Crippen LogP contribution in [0.25, 0.3) is 0 Å². The number of anilines is 1. The van der Waals surface area contributed by atoms with Gasteiger partial charge in [-0.15, -0.1) is 0 Å². The van der Waals surface area contributed by atoms with Crippen LogP contribution in [-0.4, -0.2) is 38.7 Å². The molecule has 2 aliphatic rings. The molecule has 2 aliphatic heterocycles.